The van der Waals surface area contributed by atoms with E-state index in [1.165, 1.54) is 5.56 Å². The van der Waals surface area contributed by atoms with Crippen molar-refractivity contribution in [3.63, 3.8) is 0 Å². The topological polar surface area (TPSA) is 55.1 Å². The van der Waals surface area contributed by atoms with Gasteiger partial charge in [-0.25, -0.2) is 0 Å². The normalized spacial score (nSPS) is 12.2. The van der Waals surface area contributed by atoms with Gasteiger partial charge in [-0.3, -0.25) is 4.79 Å². The summed E-state index contributed by atoms with van der Waals surface area (Å²) in [6.45, 7) is 2.62. The minimum absolute atomic E-state index is 0.101. The smallest absolute Gasteiger partial charge is 0.220 e. The highest BCUT2D eigenvalue weighted by molar-refractivity contribution is 6.30. The van der Waals surface area contributed by atoms with E-state index in [9.17, 15) is 4.79 Å². The maximum absolute atomic E-state index is 11.5. The Bertz CT molecular complexity index is 363. The van der Waals surface area contributed by atoms with Crippen molar-refractivity contribution in [1.82, 2.24) is 5.32 Å². The lowest BCUT2D eigenvalue weighted by Crippen LogP contribution is -2.26. The Labute approximate surface area is 114 Å². The van der Waals surface area contributed by atoms with Crippen LogP contribution in [0.1, 0.15) is 31.7 Å². The predicted molar refractivity (Wildman–Crippen MR) is 75.7 cm³/mol. The Morgan fingerprint density at radius 1 is 1.39 bits per heavy atom. The van der Waals surface area contributed by atoms with Gasteiger partial charge >= 0.3 is 0 Å². The van der Waals surface area contributed by atoms with Crippen molar-refractivity contribution in [2.75, 3.05) is 6.54 Å². The molecule has 0 bridgehead atoms. The molecule has 0 aliphatic rings. The molecule has 0 saturated heterocycles. The number of benzene rings is 1. The van der Waals surface area contributed by atoms with Crippen LogP contribution >= 0.6 is 11.6 Å². The highest BCUT2D eigenvalue weighted by Crippen LogP contribution is 2.09. The third-order valence-electron chi connectivity index (χ3n) is 2.71. The standard InChI is InChI=1S/C14H21ClN2O/c1-11(16)3-2-4-14(18)17-10-9-12-5-7-13(15)8-6-12/h5-8,11H,2-4,9-10,16H2,1H3,(H,17,18). The van der Waals surface area contributed by atoms with E-state index in [0.29, 0.717) is 13.0 Å². The number of hydrogen-bond donors (Lipinski definition) is 2. The summed E-state index contributed by atoms with van der Waals surface area (Å²) in [5.74, 6) is 0.101. The van der Waals surface area contributed by atoms with Crippen molar-refractivity contribution in [2.45, 2.75) is 38.6 Å². The van der Waals surface area contributed by atoms with Gasteiger partial charge in [-0.05, 0) is 43.9 Å². The van der Waals surface area contributed by atoms with E-state index in [1.54, 1.807) is 0 Å². The van der Waals surface area contributed by atoms with E-state index in [2.05, 4.69) is 5.32 Å². The third kappa shape index (κ3) is 6.62. The molecule has 0 aliphatic heterocycles. The largest absolute Gasteiger partial charge is 0.356 e. The second-order valence-corrected chi connectivity index (χ2v) is 5.03. The monoisotopic (exact) mass is 268 g/mol. The molecule has 1 aromatic carbocycles. The summed E-state index contributed by atoms with van der Waals surface area (Å²) in [5, 5.41) is 3.64. The fourth-order valence-corrected chi connectivity index (χ4v) is 1.80. The number of nitrogens with one attached hydrogen (secondary N) is 1. The van der Waals surface area contributed by atoms with Gasteiger partial charge in [-0.1, -0.05) is 23.7 Å². The quantitative estimate of drug-likeness (QED) is 0.798. The van der Waals surface area contributed by atoms with Gasteiger partial charge in [0, 0.05) is 24.0 Å². The fourth-order valence-electron chi connectivity index (χ4n) is 1.67. The van der Waals surface area contributed by atoms with E-state index in [4.69, 9.17) is 17.3 Å². The van der Waals surface area contributed by atoms with Crippen LogP contribution in [0.25, 0.3) is 0 Å². The number of halogens is 1. The number of amides is 1. The van der Waals surface area contributed by atoms with Crippen molar-refractivity contribution < 1.29 is 4.79 Å². The van der Waals surface area contributed by atoms with Crippen LogP contribution in [-0.4, -0.2) is 18.5 Å². The van der Waals surface area contributed by atoms with Crippen LogP contribution in [0.3, 0.4) is 0 Å². The lowest BCUT2D eigenvalue weighted by Gasteiger charge is -2.06. The second-order valence-electron chi connectivity index (χ2n) is 4.60. The molecule has 0 spiro atoms. The van der Waals surface area contributed by atoms with E-state index >= 15 is 0 Å². The Morgan fingerprint density at radius 2 is 2.06 bits per heavy atom. The van der Waals surface area contributed by atoms with Crippen molar-refractivity contribution in [3.05, 3.63) is 34.9 Å². The molecule has 1 rings (SSSR count). The summed E-state index contributed by atoms with van der Waals surface area (Å²) in [6, 6.07) is 7.85. The Kier molecular flexibility index (Phi) is 6.76. The molecule has 0 aromatic heterocycles. The summed E-state index contributed by atoms with van der Waals surface area (Å²) in [6.07, 6.45) is 3.13. The average Bonchev–Trinajstić information content (AvgIpc) is 2.31. The first-order valence-electron chi connectivity index (χ1n) is 6.34. The Hall–Kier alpha value is -1.06. The molecular weight excluding hydrogens is 248 g/mol. The number of carbonyl (C=O) groups is 1. The molecule has 1 atom stereocenters. The minimum atomic E-state index is 0.101. The van der Waals surface area contributed by atoms with Crippen LogP contribution < -0.4 is 11.1 Å². The lowest BCUT2D eigenvalue weighted by atomic mass is 10.1. The van der Waals surface area contributed by atoms with E-state index in [0.717, 1.165) is 24.3 Å². The van der Waals surface area contributed by atoms with Crippen molar-refractivity contribution in [3.8, 4) is 0 Å². The molecular formula is C14H21ClN2O. The molecule has 0 radical (unpaired) electrons. The summed E-state index contributed by atoms with van der Waals surface area (Å²) >= 11 is 5.80. The van der Waals surface area contributed by atoms with Crippen LogP contribution in [0, 0.1) is 0 Å². The first-order chi connectivity index (χ1) is 8.58. The number of rotatable bonds is 7. The molecule has 0 aliphatic carbocycles. The van der Waals surface area contributed by atoms with E-state index in [1.807, 2.05) is 31.2 Å². The summed E-state index contributed by atoms with van der Waals surface area (Å²) < 4.78 is 0. The zero-order chi connectivity index (χ0) is 13.4. The lowest BCUT2D eigenvalue weighted by molar-refractivity contribution is -0.121. The number of hydrogen-bond acceptors (Lipinski definition) is 2. The van der Waals surface area contributed by atoms with Gasteiger partial charge in [0.25, 0.3) is 0 Å². The summed E-state index contributed by atoms with van der Waals surface area (Å²) in [4.78, 5) is 11.5. The van der Waals surface area contributed by atoms with Gasteiger partial charge in [0.2, 0.25) is 5.91 Å². The van der Waals surface area contributed by atoms with E-state index in [-0.39, 0.29) is 11.9 Å². The number of nitrogens with two attached hydrogens (primary N) is 1. The van der Waals surface area contributed by atoms with E-state index < -0.39 is 0 Å². The van der Waals surface area contributed by atoms with Gasteiger partial charge in [-0.15, -0.1) is 0 Å². The maximum Gasteiger partial charge on any atom is 0.220 e. The zero-order valence-corrected chi connectivity index (χ0v) is 11.5. The van der Waals surface area contributed by atoms with Gasteiger partial charge < -0.3 is 11.1 Å². The fraction of sp³-hybridized carbons (Fsp3) is 0.500. The van der Waals surface area contributed by atoms with Gasteiger partial charge in [0.15, 0.2) is 0 Å². The molecule has 3 N–H and O–H groups in total. The predicted octanol–water partition coefficient (Wildman–Crippen LogP) is 2.52. The summed E-state index contributed by atoms with van der Waals surface area (Å²) in [5.41, 5.74) is 6.80. The van der Waals surface area contributed by atoms with Crippen molar-refractivity contribution >= 4 is 17.5 Å². The molecule has 0 heterocycles. The SMILES string of the molecule is CC(N)CCCC(=O)NCCc1ccc(Cl)cc1. The van der Waals surface area contributed by atoms with Gasteiger partial charge in [0.1, 0.15) is 0 Å². The maximum atomic E-state index is 11.5. The molecule has 1 unspecified atom stereocenters. The van der Waals surface area contributed by atoms with Crippen LogP contribution in [-0.2, 0) is 11.2 Å². The first kappa shape index (κ1) is 15.0. The van der Waals surface area contributed by atoms with Gasteiger partial charge in [-0.2, -0.15) is 0 Å². The van der Waals surface area contributed by atoms with Crippen LogP contribution in [0.15, 0.2) is 24.3 Å². The molecule has 3 nitrogen and oxygen atoms in total. The molecule has 18 heavy (non-hydrogen) atoms. The van der Waals surface area contributed by atoms with Crippen LogP contribution in [0.2, 0.25) is 5.02 Å². The Morgan fingerprint density at radius 3 is 2.67 bits per heavy atom. The third-order valence-corrected chi connectivity index (χ3v) is 2.96. The highest BCUT2D eigenvalue weighted by Gasteiger charge is 2.02. The first-order valence-corrected chi connectivity index (χ1v) is 6.72. The van der Waals surface area contributed by atoms with Crippen LogP contribution in [0.5, 0.6) is 0 Å². The summed E-state index contributed by atoms with van der Waals surface area (Å²) in [7, 11) is 0. The van der Waals surface area contributed by atoms with Crippen molar-refractivity contribution in [1.29, 1.82) is 0 Å². The second kappa shape index (κ2) is 8.11. The minimum Gasteiger partial charge on any atom is -0.356 e. The zero-order valence-electron chi connectivity index (χ0n) is 10.8. The average molecular weight is 269 g/mol. The van der Waals surface area contributed by atoms with Crippen LogP contribution in [0.4, 0.5) is 0 Å². The molecule has 0 saturated carbocycles. The molecule has 1 aromatic rings. The van der Waals surface area contributed by atoms with Gasteiger partial charge in [0.05, 0.1) is 0 Å². The number of carbonyl (C=O) groups excluding carboxylic acids is 1. The molecule has 4 heteroatoms. The Balaban J connectivity index is 2.13. The van der Waals surface area contributed by atoms with Crippen molar-refractivity contribution in [2.24, 2.45) is 5.73 Å². The molecule has 100 valence electrons. The highest BCUT2D eigenvalue weighted by atomic mass is 35.5. The molecule has 0 fully saturated rings. The molecule has 1 amide bonds.